The minimum absolute atomic E-state index is 0.0235. The Balaban J connectivity index is 2.38. The number of ether oxygens (including phenoxy) is 2. The molecule has 3 aromatic rings. The van der Waals surface area contributed by atoms with Crippen LogP contribution in [-0.4, -0.2) is 28.6 Å². The highest BCUT2D eigenvalue weighted by atomic mass is 16.5. The molecule has 0 amide bonds. The quantitative estimate of drug-likeness (QED) is 0.715. The lowest BCUT2D eigenvalue weighted by Crippen LogP contribution is -2.23. The first-order chi connectivity index (χ1) is 12.0. The van der Waals surface area contributed by atoms with E-state index in [1.807, 2.05) is 38.2 Å². The van der Waals surface area contributed by atoms with Crippen LogP contribution in [0.5, 0.6) is 11.5 Å². The maximum atomic E-state index is 13.1. The predicted octanol–water partition coefficient (Wildman–Crippen LogP) is 3.14. The fourth-order valence-corrected chi connectivity index (χ4v) is 3.20. The standard InChI is InChI=1S/C19H23N3O3/c1-6-7-22-15-11-18(25-5)17(24-4)10-13(15)9-14(19(22)23)16-8-12(2)20-21(16)3/h8-11H,6-7H2,1-5H3. The number of aryl methyl sites for hydroxylation is 3. The molecule has 0 radical (unpaired) electrons. The van der Waals surface area contributed by atoms with Crippen LogP contribution in [0, 0.1) is 6.92 Å². The molecule has 6 nitrogen and oxygen atoms in total. The third-order valence-electron chi connectivity index (χ3n) is 4.32. The zero-order valence-electron chi connectivity index (χ0n) is 15.3. The van der Waals surface area contributed by atoms with Gasteiger partial charge in [-0.15, -0.1) is 0 Å². The maximum Gasteiger partial charge on any atom is 0.260 e. The van der Waals surface area contributed by atoms with E-state index >= 15 is 0 Å². The molecule has 0 aliphatic rings. The summed E-state index contributed by atoms with van der Waals surface area (Å²) in [7, 11) is 5.06. The van der Waals surface area contributed by atoms with Crippen molar-refractivity contribution in [3.8, 4) is 22.8 Å². The van der Waals surface area contributed by atoms with Crippen LogP contribution in [0.2, 0.25) is 0 Å². The molecular formula is C19H23N3O3. The van der Waals surface area contributed by atoms with Crippen molar-refractivity contribution in [3.63, 3.8) is 0 Å². The third-order valence-corrected chi connectivity index (χ3v) is 4.32. The normalized spacial score (nSPS) is 11.1. The van der Waals surface area contributed by atoms with Gasteiger partial charge in [-0.1, -0.05) is 6.92 Å². The Morgan fingerprint density at radius 2 is 1.76 bits per heavy atom. The zero-order chi connectivity index (χ0) is 18.1. The SMILES string of the molecule is CCCn1c(=O)c(-c2cc(C)nn2C)cc2cc(OC)c(OC)cc21. The lowest BCUT2D eigenvalue weighted by molar-refractivity contribution is 0.355. The minimum atomic E-state index is -0.0235. The van der Waals surface area contributed by atoms with E-state index in [4.69, 9.17) is 9.47 Å². The fraction of sp³-hybridized carbons (Fsp3) is 0.368. The Bertz CT molecular complexity index is 986. The molecule has 132 valence electrons. The van der Waals surface area contributed by atoms with E-state index in [-0.39, 0.29) is 5.56 Å². The van der Waals surface area contributed by atoms with E-state index in [0.717, 1.165) is 28.7 Å². The van der Waals surface area contributed by atoms with Gasteiger partial charge in [-0.25, -0.2) is 0 Å². The van der Waals surface area contributed by atoms with Gasteiger partial charge in [0.05, 0.1) is 36.7 Å². The van der Waals surface area contributed by atoms with Gasteiger partial charge in [-0.3, -0.25) is 9.48 Å². The van der Waals surface area contributed by atoms with Crippen molar-refractivity contribution in [1.82, 2.24) is 14.3 Å². The van der Waals surface area contributed by atoms with Gasteiger partial charge in [0.1, 0.15) is 0 Å². The van der Waals surface area contributed by atoms with Gasteiger partial charge in [-0.2, -0.15) is 5.10 Å². The molecule has 0 unspecified atom stereocenters. The van der Waals surface area contributed by atoms with Crippen LogP contribution >= 0.6 is 0 Å². The number of hydrogen-bond acceptors (Lipinski definition) is 4. The first kappa shape index (κ1) is 17.1. The summed E-state index contributed by atoms with van der Waals surface area (Å²) in [6.07, 6.45) is 0.858. The van der Waals surface area contributed by atoms with Gasteiger partial charge in [0.25, 0.3) is 5.56 Å². The number of methoxy groups -OCH3 is 2. The van der Waals surface area contributed by atoms with Crippen LogP contribution in [0.4, 0.5) is 0 Å². The third kappa shape index (κ3) is 2.88. The Kier molecular flexibility index (Phi) is 4.53. The summed E-state index contributed by atoms with van der Waals surface area (Å²) in [5, 5.41) is 5.30. The average Bonchev–Trinajstić information content (AvgIpc) is 2.94. The summed E-state index contributed by atoms with van der Waals surface area (Å²) in [5.41, 5.74) is 3.14. The fourth-order valence-electron chi connectivity index (χ4n) is 3.20. The summed E-state index contributed by atoms with van der Waals surface area (Å²) in [6.45, 7) is 4.61. The van der Waals surface area contributed by atoms with Crippen molar-refractivity contribution >= 4 is 10.9 Å². The van der Waals surface area contributed by atoms with Crippen LogP contribution < -0.4 is 15.0 Å². The minimum Gasteiger partial charge on any atom is -0.493 e. The van der Waals surface area contributed by atoms with Gasteiger partial charge in [0.2, 0.25) is 0 Å². The van der Waals surface area contributed by atoms with Gasteiger partial charge in [0, 0.05) is 25.0 Å². The first-order valence-electron chi connectivity index (χ1n) is 8.30. The zero-order valence-corrected chi connectivity index (χ0v) is 15.3. The van der Waals surface area contributed by atoms with Crippen LogP contribution in [0.15, 0.2) is 29.1 Å². The van der Waals surface area contributed by atoms with Crippen LogP contribution in [0.1, 0.15) is 19.0 Å². The highest BCUT2D eigenvalue weighted by molar-refractivity contribution is 5.87. The molecule has 6 heteroatoms. The van der Waals surface area contributed by atoms with E-state index in [1.165, 1.54) is 0 Å². The molecule has 0 N–H and O–H groups in total. The van der Waals surface area contributed by atoms with Crippen molar-refractivity contribution in [2.75, 3.05) is 14.2 Å². The second-order valence-electron chi connectivity index (χ2n) is 6.08. The van der Waals surface area contributed by atoms with Crippen LogP contribution in [0.3, 0.4) is 0 Å². The van der Waals surface area contributed by atoms with Gasteiger partial charge < -0.3 is 14.0 Å². The number of fused-ring (bicyclic) bond motifs is 1. The van der Waals surface area contributed by atoms with E-state index < -0.39 is 0 Å². The molecule has 0 bridgehead atoms. The molecule has 0 atom stereocenters. The summed E-state index contributed by atoms with van der Waals surface area (Å²) in [6, 6.07) is 7.61. The average molecular weight is 341 g/mol. The molecule has 2 heterocycles. The summed E-state index contributed by atoms with van der Waals surface area (Å²) < 4.78 is 14.4. The Labute approximate surface area is 146 Å². The number of pyridine rings is 1. The largest absolute Gasteiger partial charge is 0.493 e. The molecule has 1 aromatic carbocycles. The number of nitrogens with zero attached hydrogens (tertiary/aromatic N) is 3. The van der Waals surface area contributed by atoms with Gasteiger partial charge in [0.15, 0.2) is 11.5 Å². The molecule has 0 aliphatic carbocycles. The number of aromatic nitrogens is 3. The van der Waals surface area contributed by atoms with E-state index in [0.29, 0.717) is 23.6 Å². The van der Waals surface area contributed by atoms with E-state index in [9.17, 15) is 4.79 Å². The lowest BCUT2D eigenvalue weighted by Gasteiger charge is -2.15. The molecule has 0 saturated heterocycles. The second kappa shape index (κ2) is 6.63. The number of hydrogen-bond donors (Lipinski definition) is 0. The Morgan fingerprint density at radius 1 is 1.08 bits per heavy atom. The number of benzene rings is 1. The van der Waals surface area contributed by atoms with Crippen LogP contribution in [-0.2, 0) is 13.6 Å². The van der Waals surface area contributed by atoms with E-state index in [1.54, 1.807) is 23.5 Å². The van der Waals surface area contributed by atoms with Crippen molar-refractivity contribution in [1.29, 1.82) is 0 Å². The lowest BCUT2D eigenvalue weighted by atomic mass is 10.1. The smallest absolute Gasteiger partial charge is 0.260 e. The van der Waals surface area contributed by atoms with Crippen molar-refractivity contribution in [2.45, 2.75) is 26.8 Å². The first-order valence-corrected chi connectivity index (χ1v) is 8.30. The number of rotatable bonds is 5. The van der Waals surface area contributed by atoms with Crippen molar-refractivity contribution < 1.29 is 9.47 Å². The summed E-state index contributed by atoms with van der Waals surface area (Å²) in [4.78, 5) is 13.1. The molecule has 0 saturated carbocycles. The predicted molar refractivity (Wildman–Crippen MR) is 98.5 cm³/mol. The highest BCUT2D eigenvalue weighted by Gasteiger charge is 2.16. The van der Waals surface area contributed by atoms with Crippen molar-refractivity contribution in [2.24, 2.45) is 7.05 Å². The summed E-state index contributed by atoms with van der Waals surface area (Å²) >= 11 is 0. The monoisotopic (exact) mass is 341 g/mol. The Hall–Kier alpha value is -2.76. The van der Waals surface area contributed by atoms with Crippen LogP contribution in [0.25, 0.3) is 22.2 Å². The highest BCUT2D eigenvalue weighted by Crippen LogP contribution is 2.33. The maximum absolute atomic E-state index is 13.1. The molecule has 3 rings (SSSR count). The molecule has 2 aromatic heterocycles. The molecular weight excluding hydrogens is 318 g/mol. The van der Waals surface area contributed by atoms with Gasteiger partial charge >= 0.3 is 0 Å². The molecule has 0 spiro atoms. The molecule has 0 fully saturated rings. The molecule has 0 aliphatic heterocycles. The molecule has 25 heavy (non-hydrogen) atoms. The topological polar surface area (TPSA) is 58.3 Å². The summed E-state index contributed by atoms with van der Waals surface area (Å²) in [5.74, 6) is 1.26. The second-order valence-corrected chi connectivity index (χ2v) is 6.08. The van der Waals surface area contributed by atoms with E-state index in [2.05, 4.69) is 12.0 Å². The van der Waals surface area contributed by atoms with Gasteiger partial charge in [-0.05, 0) is 31.5 Å². The Morgan fingerprint density at radius 3 is 2.32 bits per heavy atom. The van der Waals surface area contributed by atoms with Crippen molar-refractivity contribution in [3.05, 3.63) is 40.3 Å².